The summed E-state index contributed by atoms with van der Waals surface area (Å²) in [7, 11) is 1.45. The van der Waals surface area contributed by atoms with E-state index < -0.39 is 0 Å². The van der Waals surface area contributed by atoms with Crippen LogP contribution in [-0.4, -0.2) is 43.7 Å². The molecule has 8 heteroatoms. The van der Waals surface area contributed by atoms with Crippen LogP contribution in [-0.2, 0) is 6.54 Å². The van der Waals surface area contributed by atoms with E-state index in [4.69, 9.17) is 16.3 Å². The second-order valence-electron chi connectivity index (χ2n) is 6.55. The van der Waals surface area contributed by atoms with Crippen molar-refractivity contribution in [2.24, 2.45) is 4.99 Å². The van der Waals surface area contributed by atoms with Gasteiger partial charge in [-0.3, -0.25) is 0 Å². The van der Waals surface area contributed by atoms with Crippen molar-refractivity contribution in [3.05, 3.63) is 52.9 Å². The smallest absolute Gasteiger partial charge is 0.191 e. The molecule has 0 spiro atoms. The molecule has 0 bridgehead atoms. The molecule has 0 saturated carbocycles. The third kappa shape index (κ3) is 5.04. The fourth-order valence-corrected chi connectivity index (χ4v) is 3.41. The monoisotopic (exact) mass is 405 g/mol. The summed E-state index contributed by atoms with van der Waals surface area (Å²) in [6.07, 6.45) is 2.70. The quantitative estimate of drug-likeness (QED) is 0.570. The first-order chi connectivity index (χ1) is 13.6. The summed E-state index contributed by atoms with van der Waals surface area (Å²) >= 11 is 6.26. The molecule has 1 atom stereocenters. The van der Waals surface area contributed by atoms with Gasteiger partial charge in [0.05, 0.1) is 18.7 Å². The highest BCUT2D eigenvalue weighted by atomic mass is 35.5. The maximum atomic E-state index is 13.9. The zero-order valence-electron chi connectivity index (χ0n) is 16.1. The highest BCUT2D eigenvalue weighted by Crippen LogP contribution is 2.25. The first-order valence-electron chi connectivity index (χ1n) is 9.33. The number of aromatic nitrogens is 1. The zero-order chi connectivity index (χ0) is 19.9. The van der Waals surface area contributed by atoms with Crippen molar-refractivity contribution < 1.29 is 9.13 Å². The van der Waals surface area contributed by atoms with E-state index in [1.54, 1.807) is 12.3 Å². The van der Waals surface area contributed by atoms with Gasteiger partial charge in [-0.1, -0.05) is 17.7 Å². The van der Waals surface area contributed by atoms with E-state index in [0.29, 0.717) is 17.5 Å². The Balaban J connectivity index is 1.62. The topological polar surface area (TPSA) is 61.8 Å². The Bertz CT molecular complexity index is 832. The molecule has 1 unspecified atom stereocenters. The average molecular weight is 406 g/mol. The summed E-state index contributed by atoms with van der Waals surface area (Å²) in [5.41, 5.74) is 0.781. The molecular weight excluding hydrogens is 381 g/mol. The SMILES string of the molecule is CCNC(=NCc1ccc(OC)c(F)c1)NC1CCN(c2ncccc2Cl)C1. The summed E-state index contributed by atoms with van der Waals surface area (Å²) < 4.78 is 18.8. The Morgan fingerprint density at radius 2 is 2.29 bits per heavy atom. The molecule has 0 amide bonds. The molecule has 1 aromatic carbocycles. The van der Waals surface area contributed by atoms with Crippen molar-refractivity contribution in [2.45, 2.75) is 25.9 Å². The molecule has 0 aliphatic carbocycles. The van der Waals surface area contributed by atoms with Gasteiger partial charge in [0, 0.05) is 31.9 Å². The van der Waals surface area contributed by atoms with Crippen LogP contribution >= 0.6 is 11.6 Å². The van der Waals surface area contributed by atoms with Crippen molar-refractivity contribution in [3.8, 4) is 5.75 Å². The molecule has 1 fully saturated rings. The van der Waals surface area contributed by atoms with E-state index in [2.05, 4.69) is 25.5 Å². The second-order valence-corrected chi connectivity index (χ2v) is 6.96. The summed E-state index contributed by atoms with van der Waals surface area (Å²) in [4.78, 5) is 11.1. The number of methoxy groups -OCH3 is 1. The molecular formula is C20H25ClFN5O. The van der Waals surface area contributed by atoms with Gasteiger partial charge >= 0.3 is 0 Å². The Hall–Kier alpha value is -2.54. The predicted molar refractivity (Wildman–Crippen MR) is 111 cm³/mol. The number of aliphatic imine (C=N–C) groups is 1. The number of halogens is 2. The summed E-state index contributed by atoms with van der Waals surface area (Å²) in [5, 5.41) is 7.35. The van der Waals surface area contributed by atoms with Gasteiger partial charge in [0.15, 0.2) is 17.5 Å². The van der Waals surface area contributed by atoms with Crippen LogP contribution in [0.25, 0.3) is 0 Å². The summed E-state index contributed by atoms with van der Waals surface area (Å²) in [6.45, 7) is 4.79. The van der Waals surface area contributed by atoms with Crippen LogP contribution in [0.1, 0.15) is 18.9 Å². The molecule has 1 aromatic heterocycles. The Morgan fingerprint density at radius 3 is 3.00 bits per heavy atom. The fraction of sp³-hybridized carbons (Fsp3) is 0.400. The lowest BCUT2D eigenvalue weighted by Gasteiger charge is -2.20. The molecule has 1 aliphatic rings. The van der Waals surface area contributed by atoms with E-state index in [1.807, 2.05) is 25.1 Å². The van der Waals surface area contributed by atoms with E-state index in [0.717, 1.165) is 37.4 Å². The Morgan fingerprint density at radius 1 is 1.43 bits per heavy atom. The number of hydrogen-bond acceptors (Lipinski definition) is 4. The van der Waals surface area contributed by atoms with Crippen molar-refractivity contribution >= 4 is 23.4 Å². The zero-order valence-corrected chi connectivity index (χ0v) is 16.8. The molecule has 0 radical (unpaired) electrons. The highest BCUT2D eigenvalue weighted by molar-refractivity contribution is 6.32. The lowest BCUT2D eigenvalue weighted by atomic mass is 10.2. The summed E-state index contributed by atoms with van der Waals surface area (Å²) in [6, 6.07) is 8.79. The van der Waals surface area contributed by atoms with Crippen molar-refractivity contribution in [1.82, 2.24) is 15.6 Å². The van der Waals surface area contributed by atoms with Crippen LogP contribution < -0.4 is 20.3 Å². The van der Waals surface area contributed by atoms with E-state index >= 15 is 0 Å². The number of nitrogens with zero attached hydrogens (tertiary/aromatic N) is 3. The van der Waals surface area contributed by atoms with Gasteiger partial charge in [-0.25, -0.2) is 14.4 Å². The minimum atomic E-state index is -0.383. The molecule has 2 N–H and O–H groups in total. The number of benzene rings is 1. The van der Waals surface area contributed by atoms with Crippen LogP contribution in [0.15, 0.2) is 41.5 Å². The lowest BCUT2D eigenvalue weighted by Crippen LogP contribution is -2.44. The first-order valence-corrected chi connectivity index (χ1v) is 9.71. The minimum Gasteiger partial charge on any atom is -0.494 e. The van der Waals surface area contributed by atoms with Crippen molar-refractivity contribution in [2.75, 3.05) is 31.6 Å². The van der Waals surface area contributed by atoms with Gasteiger partial charge in [0.1, 0.15) is 5.82 Å². The van der Waals surface area contributed by atoms with Gasteiger partial charge < -0.3 is 20.3 Å². The number of pyridine rings is 1. The van der Waals surface area contributed by atoms with Crippen molar-refractivity contribution in [1.29, 1.82) is 0 Å². The maximum Gasteiger partial charge on any atom is 0.191 e. The number of hydrogen-bond donors (Lipinski definition) is 2. The van der Waals surface area contributed by atoms with E-state index in [9.17, 15) is 4.39 Å². The molecule has 2 aromatic rings. The van der Waals surface area contributed by atoms with Gasteiger partial charge in [-0.2, -0.15) is 0 Å². The lowest BCUT2D eigenvalue weighted by molar-refractivity contribution is 0.386. The third-order valence-corrected chi connectivity index (χ3v) is 4.84. The number of nitrogens with one attached hydrogen (secondary N) is 2. The van der Waals surface area contributed by atoms with Crippen LogP contribution in [0.4, 0.5) is 10.2 Å². The second kappa shape index (κ2) is 9.59. The number of anilines is 1. The average Bonchev–Trinajstić information content (AvgIpc) is 3.15. The van der Waals surface area contributed by atoms with Gasteiger partial charge in [0.2, 0.25) is 0 Å². The van der Waals surface area contributed by atoms with E-state index in [-0.39, 0.29) is 17.6 Å². The number of ether oxygens (including phenoxy) is 1. The fourth-order valence-electron chi connectivity index (χ4n) is 3.17. The third-order valence-electron chi connectivity index (χ3n) is 4.55. The summed E-state index contributed by atoms with van der Waals surface area (Å²) in [5.74, 6) is 1.37. The highest BCUT2D eigenvalue weighted by Gasteiger charge is 2.25. The van der Waals surface area contributed by atoms with Crippen LogP contribution in [0.2, 0.25) is 5.02 Å². The number of rotatable bonds is 6. The number of guanidine groups is 1. The minimum absolute atomic E-state index is 0.225. The maximum absolute atomic E-state index is 13.9. The molecule has 28 heavy (non-hydrogen) atoms. The van der Waals surface area contributed by atoms with Crippen molar-refractivity contribution in [3.63, 3.8) is 0 Å². The molecule has 6 nitrogen and oxygen atoms in total. The largest absolute Gasteiger partial charge is 0.494 e. The molecule has 150 valence electrons. The van der Waals surface area contributed by atoms with E-state index in [1.165, 1.54) is 13.2 Å². The molecule has 1 aliphatic heterocycles. The normalized spacial score (nSPS) is 16.9. The first kappa shape index (κ1) is 20.2. The van der Waals surface area contributed by atoms with Crippen LogP contribution in [0, 0.1) is 5.82 Å². The Kier molecular flexibility index (Phi) is 6.92. The van der Waals surface area contributed by atoms with Gasteiger partial charge in [0.25, 0.3) is 0 Å². The standard InChI is InChI=1S/C20H25ClFN5O/c1-3-23-20(25-12-14-6-7-18(28-2)17(22)11-14)26-15-8-10-27(13-15)19-16(21)5-4-9-24-19/h4-7,9,11,15H,3,8,10,12-13H2,1-2H3,(H2,23,25,26). The molecule has 3 rings (SSSR count). The predicted octanol–water partition coefficient (Wildman–Crippen LogP) is 3.22. The van der Waals surface area contributed by atoms with Gasteiger partial charge in [-0.05, 0) is 43.2 Å². The molecule has 2 heterocycles. The van der Waals surface area contributed by atoms with Crippen LogP contribution in [0.3, 0.4) is 0 Å². The molecule has 1 saturated heterocycles. The van der Waals surface area contributed by atoms with Crippen LogP contribution in [0.5, 0.6) is 5.75 Å². The van der Waals surface area contributed by atoms with Gasteiger partial charge in [-0.15, -0.1) is 0 Å². The Labute approximate surface area is 169 Å².